The van der Waals surface area contributed by atoms with Crippen LogP contribution in [0.15, 0.2) is 59.1 Å². The lowest BCUT2D eigenvalue weighted by atomic mass is 10.1. The van der Waals surface area contributed by atoms with Crippen molar-refractivity contribution in [3.63, 3.8) is 0 Å². The topological polar surface area (TPSA) is 98.7 Å². The number of esters is 1. The van der Waals surface area contributed by atoms with Crippen LogP contribution in [0.2, 0.25) is 0 Å². The highest BCUT2D eigenvalue weighted by molar-refractivity contribution is 5.91. The average molecular weight is 393 g/mol. The number of rotatable bonds is 6. The third kappa shape index (κ3) is 4.11. The number of nitrogens with zero attached hydrogens (tertiary/aromatic N) is 3. The van der Waals surface area contributed by atoms with Gasteiger partial charge in [0.05, 0.1) is 10.5 Å². The highest BCUT2D eigenvalue weighted by Crippen LogP contribution is 2.32. The summed E-state index contributed by atoms with van der Waals surface area (Å²) in [5.74, 6) is -0.265. The lowest BCUT2D eigenvalue weighted by Crippen LogP contribution is -2.19. The Morgan fingerprint density at radius 1 is 1.14 bits per heavy atom. The molecule has 1 fully saturated rings. The number of carbonyl (C=O) groups excluding carboxylic acids is 1. The van der Waals surface area contributed by atoms with Gasteiger partial charge in [-0.3, -0.25) is 10.1 Å². The number of ether oxygens (including phenoxy) is 1. The molecule has 2 heterocycles. The summed E-state index contributed by atoms with van der Waals surface area (Å²) in [5, 5.41) is 15.4. The maximum atomic E-state index is 12.4. The second kappa shape index (κ2) is 8.14. The number of hydrogen-bond donors (Lipinski definition) is 0. The molecule has 0 amide bonds. The molecule has 0 saturated carbocycles. The van der Waals surface area contributed by atoms with Crippen molar-refractivity contribution in [2.75, 3.05) is 18.0 Å². The van der Waals surface area contributed by atoms with E-state index in [1.807, 2.05) is 35.2 Å². The van der Waals surface area contributed by atoms with E-state index in [2.05, 4.69) is 5.16 Å². The molecular weight excluding hydrogens is 374 g/mol. The van der Waals surface area contributed by atoms with Gasteiger partial charge < -0.3 is 14.2 Å². The molecule has 0 bridgehead atoms. The van der Waals surface area contributed by atoms with Crippen LogP contribution < -0.4 is 4.90 Å². The molecule has 1 aliphatic heterocycles. The largest absolute Gasteiger partial charge is 0.454 e. The van der Waals surface area contributed by atoms with E-state index in [4.69, 9.17) is 9.26 Å². The Labute approximate surface area is 166 Å². The molecule has 29 heavy (non-hydrogen) atoms. The zero-order valence-corrected chi connectivity index (χ0v) is 15.6. The quantitative estimate of drug-likeness (QED) is 0.351. The summed E-state index contributed by atoms with van der Waals surface area (Å²) in [4.78, 5) is 25.4. The van der Waals surface area contributed by atoms with Crippen molar-refractivity contribution in [2.45, 2.75) is 19.4 Å². The smallest absolute Gasteiger partial charge is 0.338 e. The van der Waals surface area contributed by atoms with Gasteiger partial charge in [-0.05, 0) is 25.0 Å². The number of carbonyl (C=O) groups is 1. The van der Waals surface area contributed by atoms with Gasteiger partial charge in [0.2, 0.25) is 0 Å². The monoisotopic (exact) mass is 393 g/mol. The predicted molar refractivity (Wildman–Crippen MR) is 106 cm³/mol. The van der Waals surface area contributed by atoms with Gasteiger partial charge in [0.25, 0.3) is 5.69 Å². The molecule has 0 radical (unpaired) electrons. The first-order valence-corrected chi connectivity index (χ1v) is 9.33. The Bertz CT molecular complexity index is 1030. The van der Waals surface area contributed by atoms with Gasteiger partial charge in [0, 0.05) is 30.8 Å². The molecule has 0 aliphatic carbocycles. The average Bonchev–Trinajstić information content (AvgIpc) is 3.44. The van der Waals surface area contributed by atoms with E-state index in [-0.39, 0.29) is 17.9 Å². The fourth-order valence-electron chi connectivity index (χ4n) is 3.37. The minimum atomic E-state index is -0.654. The van der Waals surface area contributed by atoms with Crippen LogP contribution in [-0.4, -0.2) is 29.1 Å². The molecule has 0 unspecified atom stereocenters. The number of aromatic nitrogens is 1. The predicted octanol–water partition coefficient (Wildman–Crippen LogP) is 4.21. The summed E-state index contributed by atoms with van der Waals surface area (Å²) >= 11 is 0. The van der Waals surface area contributed by atoms with E-state index in [0.717, 1.165) is 31.5 Å². The molecule has 1 aliphatic rings. The van der Waals surface area contributed by atoms with Gasteiger partial charge in [0.1, 0.15) is 11.4 Å². The molecule has 3 aromatic rings. The van der Waals surface area contributed by atoms with Crippen LogP contribution in [0, 0.1) is 10.1 Å². The van der Waals surface area contributed by atoms with Crippen LogP contribution in [0.5, 0.6) is 0 Å². The maximum absolute atomic E-state index is 12.4. The van der Waals surface area contributed by atoms with Crippen LogP contribution in [-0.2, 0) is 11.3 Å². The molecule has 0 atom stereocenters. The standard InChI is InChI=1S/C21H19N3O5/c25-21(28-14-17-13-18(22-29-17)15-6-2-1-3-7-15)16-8-9-19(20(12-16)24(26)27)23-10-4-5-11-23/h1-3,6-9,12-13H,4-5,10-11,14H2. The summed E-state index contributed by atoms with van der Waals surface area (Å²) in [6.07, 6.45) is 2.01. The van der Waals surface area contributed by atoms with Crippen LogP contribution in [0.3, 0.4) is 0 Å². The zero-order valence-electron chi connectivity index (χ0n) is 15.6. The van der Waals surface area contributed by atoms with E-state index in [1.165, 1.54) is 6.07 Å². The molecule has 4 rings (SSSR count). The van der Waals surface area contributed by atoms with Gasteiger partial charge in [-0.15, -0.1) is 0 Å². The van der Waals surface area contributed by atoms with E-state index in [1.54, 1.807) is 18.2 Å². The Hall–Kier alpha value is -3.68. The molecule has 148 valence electrons. The van der Waals surface area contributed by atoms with Gasteiger partial charge in [-0.25, -0.2) is 4.79 Å². The summed E-state index contributed by atoms with van der Waals surface area (Å²) in [6, 6.07) is 15.6. The van der Waals surface area contributed by atoms with E-state index >= 15 is 0 Å². The summed E-state index contributed by atoms with van der Waals surface area (Å²) in [5.41, 5.74) is 2.10. The second-order valence-electron chi connectivity index (χ2n) is 6.78. The molecule has 2 aromatic carbocycles. The van der Waals surface area contributed by atoms with Crippen molar-refractivity contribution in [3.05, 3.63) is 76.0 Å². The van der Waals surface area contributed by atoms with Crippen molar-refractivity contribution >= 4 is 17.3 Å². The van der Waals surface area contributed by atoms with E-state index in [9.17, 15) is 14.9 Å². The molecule has 8 heteroatoms. The number of nitro benzene ring substituents is 1. The van der Waals surface area contributed by atoms with Gasteiger partial charge >= 0.3 is 5.97 Å². The molecule has 1 aromatic heterocycles. The normalized spacial score (nSPS) is 13.4. The van der Waals surface area contributed by atoms with Crippen molar-refractivity contribution < 1.29 is 19.0 Å². The minimum Gasteiger partial charge on any atom is -0.454 e. The van der Waals surface area contributed by atoms with Crippen LogP contribution >= 0.6 is 0 Å². The number of hydrogen-bond acceptors (Lipinski definition) is 7. The number of anilines is 1. The van der Waals surface area contributed by atoms with Crippen molar-refractivity contribution in [1.29, 1.82) is 0 Å². The number of nitro groups is 1. The molecular formula is C21H19N3O5. The fraction of sp³-hybridized carbons (Fsp3) is 0.238. The minimum absolute atomic E-state index is 0.0904. The third-order valence-corrected chi connectivity index (χ3v) is 4.83. The van der Waals surface area contributed by atoms with Crippen molar-refractivity contribution in [2.24, 2.45) is 0 Å². The van der Waals surface area contributed by atoms with Crippen LogP contribution in [0.4, 0.5) is 11.4 Å². The second-order valence-corrected chi connectivity index (χ2v) is 6.78. The Kier molecular flexibility index (Phi) is 5.24. The molecule has 8 nitrogen and oxygen atoms in total. The van der Waals surface area contributed by atoms with E-state index in [0.29, 0.717) is 17.1 Å². The first-order valence-electron chi connectivity index (χ1n) is 9.33. The first kappa shape index (κ1) is 18.7. The van der Waals surface area contributed by atoms with Gasteiger partial charge in [-0.1, -0.05) is 35.5 Å². The third-order valence-electron chi connectivity index (χ3n) is 4.83. The number of benzene rings is 2. The lowest BCUT2D eigenvalue weighted by Gasteiger charge is -2.17. The highest BCUT2D eigenvalue weighted by Gasteiger charge is 2.24. The Morgan fingerprint density at radius 3 is 2.62 bits per heavy atom. The first-order chi connectivity index (χ1) is 14.1. The van der Waals surface area contributed by atoms with Crippen molar-refractivity contribution in [3.8, 4) is 11.3 Å². The summed E-state index contributed by atoms with van der Waals surface area (Å²) in [6.45, 7) is 1.44. The fourth-order valence-corrected chi connectivity index (χ4v) is 3.37. The Balaban J connectivity index is 1.45. The zero-order chi connectivity index (χ0) is 20.2. The Morgan fingerprint density at radius 2 is 1.90 bits per heavy atom. The van der Waals surface area contributed by atoms with Crippen molar-refractivity contribution in [1.82, 2.24) is 5.16 Å². The summed E-state index contributed by atoms with van der Waals surface area (Å²) < 4.78 is 10.5. The van der Waals surface area contributed by atoms with Crippen LogP contribution in [0.1, 0.15) is 29.0 Å². The lowest BCUT2D eigenvalue weighted by molar-refractivity contribution is -0.384. The van der Waals surface area contributed by atoms with E-state index < -0.39 is 10.9 Å². The van der Waals surface area contributed by atoms with Crippen LogP contribution in [0.25, 0.3) is 11.3 Å². The molecule has 1 saturated heterocycles. The van der Waals surface area contributed by atoms with Gasteiger partial charge in [0.15, 0.2) is 12.4 Å². The molecule has 0 N–H and O–H groups in total. The summed E-state index contributed by atoms with van der Waals surface area (Å²) in [7, 11) is 0. The maximum Gasteiger partial charge on any atom is 0.338 e. The highest BCUT2D eigenvalue weighted by atomic mass is 16.6. The SMILES string of the molecule is O=C(OCc1cc(-c2ccccc2)no1)c1ccc(N2CCCC2)c([N+](=O)[O-])c1. The molecule has 0 spiro atoms. The van der Waals surface area contributed by atoms with Gasteiger partial charge in [-0.2, -0.15) is 0 Å².